The van der Waals surface area contributed by atoms with Gasteiger partial charge in [-0.2, -0.15) is 17.4 Å². The van der Waals surface area contributed by atoms with Crippen LogP contribution in [0.25, 0.3) is 10.6 Å². The molecular weight excluding hydrogens is 296 g/mol. The van der Waals surface area contributed by atoms with Crippen molar-refractivity contribution in [3.8, 4) is 10.6 Å². The highest BCUT2D eigenvalue weighted by atomic mass is 32.2. The summed E-state index contributed by atoms with van der Waals surface area (Å²) in [4.78, 5) is 6.24. The van der Waals surface area contributed by atoms with Crippen LogP contribution < -0.4 is 4.72 Å². The molecule has 6 nitrogen and oxygen atoms in total. The van der Waals surface area contributed by atoms with Crippen molar-refractivity contribution in [1.29, 1.82) is 0 Å². The van der Waals surface area contributed by atoms with E-state index < -0.39 is 10.2 Å². The predicted molar refractivity (Wildman–Crippen MR) is 78.6 cm³/mol. The Morgan fingerprint density at radius 2 is 2.20 bits per heavy atom. The first kappa shape index (κ1) is 13.7. The standard InChI is InChI=1S/C12H16N4O2S2/c1-15-8-13-7-10(15)12-4-3-11(19-12)9-5-6-16(2)20(17,18)14-9/h3-4,7-9,14H,5-6H2,1-2H3/t9-/m0/s1. The number of hydrogen-bond acceptors (Lipinski definition) is 4. The number of aryl methyl sites for hydroxylation is 1. The number of aromatic nitrogens is 2. The van der Waals surface area contributed by atoms with E-state index in [1.807, 2.05) is 29.9 Å². The van der Waals surface area contributed by atoms with Gasteiger partial charge in [-0.15, -0.1) is 11.3 Å². The minimum Gasteiger partial charge on any atom is -0.333 e. The highest BCUT2D eigenvalue weighted by Gasteiger charge is 2.30. The SMILES string of the molecule is CN1CC[C@@H](c2ccc(-c3cncn3C)s2)NS1(=O)=O. The molecule has 0 bridgehead atoms. The van der Waals surface area contributed by atoms with Gasteiger partial charge in [0.2, 0.25) is 0 Å². The lowest BCUT2D eigenvalue weighted by atomic mass is 10.2. The van der Waals surface area contributed by atoms with Crippen LogP contribution in [0.5, 0.6) is 0 Å². The van der Waals surface area contributed by atoms with E-state index in [0.717, 1.165) is 21.9 Å². The van der Waals surface area contributed by atoms with Crippen molar-refractivity contribution in [3.63, 3.8) is 0 Å². The zero-order chi connectivity index (χ0) is 14.3. The maximum Gasteiger partial charge on any atom is 0.279 e. The molecular formula is C12H16N4O2S2. The van der Waals surface area contributed by atoms with Crippen molar-refractivity contribution in [2.24, 2.45) is 7.05 Å². The van der Waals surface area contributed by atoms with Crippen LogP contribution in [0.4, 0.5) is 0 Å². The molecule has 1 atom stereocenters. The third kappa shape index (κ3) is 2.39. The van der Waals surface area contributed by atoms with Gasteiger partial charge < -0.3 is 4.57 Å². The summed E-state index contributed by atoms with van der Waals surface area (Å²) in [6.45, 7) is 0.541. The van der Waals surface area contributed by atoms with E-state index in [1.54, 1.807) is 24.7 Å². The monoisotopic (exact) mass is 312 g/mol. The summed E-state index contributed by atoms with van der Waals surface area (Å²) in [6, 6.07) is 3.87. The molecule has 1 N–H and O–H groups in total. The molecule has 1 aliphatic heterocycles. The minimum atomic E-state index is -3.34. The second-order valence-electron chi connectivity index (χ2n) is 4.88. The van der Waals surface area contributed by atoms with Gasteiger partial charge in [-0.3, -0.25) is 0 Å². The first-order valence-electron chi connectivity index (χ1n) is 6.27. The fraction of sp³-hybridized carbons (Fsp3) is 0.417. The highest BCUT2D eigenvalue weighted by molar-refractivity contribution is 7.87. The Kier molecular flexibility index (Phi) is 3.41. The van der Waals surface area contributed by atoms with Gasteiger partial charge in [0, 0.05) is 25.5 Å². The number of thiophene rings is 1. The average Bonchev–Trinajstić information content (AvgIpc) is 3.01. The number of nitrogens with one attached hydrogen (secondary N) is 1. The van der Waals surface area contributed by atoms with E-state index in [1.165, 1.54) is 4.31 Å². The minimum absolute atomic E-state index is 0.136. The molecule has 0 saturated carbocycles. The van der Waals surface area contributed by atoms with Crippen LogP contribution >= 0.6 is 11.3 Å². The second kappa shape index (κ2) is 4.96. The van der Waals surface area contributed by atoms with Crippen molar-refractivity contribution < 1.29 is 8.42 Å². The van der Waals surface area contributed by atoms with Gasteiger partial charge >= 0.3 is 0 Å². The van der Waals surface area contributed by atoms with E-state index in [0.29, 0.717) is 6.54 Å². The normalized spacial score (nSPS) is 23.0. The molecule has 0 spiro atoms. The lowest BCUT2D eigenvalue weighted by molar-refractivity contribution is 0.384. The maximum atomic E-state index is 11.9. The van der Waals surface area contributed by atoms with E-state index in [2.05, 4.69) is 9.71 Å². The summed E-state index contributed by atoms with van der Waals surface area (Å²) in [5.74, 6) is 0. The van der Waals surface area contributed by atoms with Crippen molar-refractivity contribution in [3.05, 3.63) is 29.5 Å². The molecule has 1 aliphatic rings. The third-order valence-electron chi connectivity index (χ3n) is 3.47. The summed E-state index contributed by atoms with van der Waals surface area (Å²) < 4.78 is 29.7. The molecule has 3 heterocycles. The van der Waals surface area contributed by atoms with E-state index in [4.69, 9.17) is 0 Å². The van der Waals surface area contributed by atoms with Crippen LogP contribution in [0.2, 0.25) is 0 Å². The van der Waals surface area contributed by atoms with E-state index in [-0.39, 0.29) is 6.04 Å². The molecule has 2 aromatic rings. The molecule has 8 heteroatoms. The van der Waals surface area contributed by atoms with E-state index >= 15 is 0 Å². The predicted octanol–water partition coefficient (Wildman–Crippen LogP) is 1.36. The molecule has 0 aliphatic carbocycles. The topological polar surface area (TPSA) is 67.2 Å². The Hall–Kier alpha value is -1.22. The first-order chi connectivity index (χ1) is 9.47. The Labute approximate surface area is 122 Å². The molecule has 1 saturated heterocycles. The molecule has 108 valence electrons. The maximum absolute atomic E-state index is 11.9. The number of rotatable bonds is 2. The molecule has 3 rings (SSSR count). The zero-order valence-corrected chi connectivity index (χ0v) is 12.9. The summed E-state index contributed by atoms with van der Waals surface area (Å²) in [5.41, 5.74) is 1.04. The Morgan fingerprint density at radius 3 is 2.85 bits per heavy atom. The van der Waals surface area contributed by atoms with Gasteiger partial charge in [-0.05, 0) is 18.6 Å². The van der Waals surface area contributed by atoms with Crippen molar-refractivity contribution in [2.75, 3.05) is 13.6 Å². The number of nitrogens with zero attached hydrogens (tertiary/aromatic N) is 3. The Balaban J connectivity index is 1.86. The van der Waals surface area contributed by atoms with E-state index in [9.17, 15) is 8.42 Å². The summed E-state index contributed by atoms with van der Waals surface area (Å²) >= 11 is 1.61. The van der Waals surface area contributed by atoms with Crippen LogP contribution in [0.1, 0.15) is 17.3 Å². The second-order valence-corrected chi connectivity index (χ2v) is 7.80. The highest BCUT2D eigenvalue weighted by Crippen LogP contribution is 2.33. The number of imidazole rings is 1. The largest absolute Gasteiger partial charge is 0.333 e. The molecule has 0 amide bonds. The van der Waals surface area contributed by atoms with Crippen molar-refractivity contribution in [2.45, 2.75) is 12.5 Å². The number of hydrogen-bond donors (Lipinski definition) is 1. The summed E-state index contributed by atoms with van der Waals surface area (Å²) in [5, 5.41) is 0. The fourth-order valence-electron chi connectivity index (χ4n) is 2.23. The molecule has 0 radical (unpaired) electrons. The molecule has 0 unspecified atom stereocenters. The molecule has 0 aromatic carbocycles. The fourth-order valence-corrected chi connectivity index (χ4v) is 4.58. The Bertz CT molecular complexity index is 719. The van der Waals surface area contributed by atoms with Gasteiger partial charge in [0.15, 0.2) is 0 Å². The van der Waals surface area contributed by atoms with Gasteiger partial charge in [-0.25, -0.2) is 4.98 Å². The smallest absolute Gasteiger partial charge is 0.279 e. The first-order valence-corrected chi connectivity index (χ1v) is 8.53. The van der Waals surface area contributed by atoms with Gasteiger partial charge in [0.1, 0.15) is 0 Å². The summed E-state index contributed by atoms with van der Waals surface area (Å²) in [7, 11) is 0.197. The van der Waals surface area contributed by atoms with Crippen molar-refractivity contribution >= 4 is 21.5 Å². The average molecular weight is 312 g/mol. The van der Waals surface area contributed by atoms with Crippen LogP contribution in [0.3, 0.4) is 0 Å². The van der Waals surface area contributed by atoms with Crippen LogP contribution in [0, 0.1) is 0 Å². The van der Waals surface area contributed by atoms with Crippen LogP contribution in [-0.2, 0) is 17.3 Å². The lowest BCUT2D eigenvalue weighted by Gasteiger charge is -2.29. The molecule has 2 aromatic heterocycles. The van der Waals surface area contributed by atoms with Crippen LogP contribution in [-0.4, -0.2) is 35.9 Å². The Morgan fingerprint density at radius 1 is 1.40 bits per heavy atom. The van der Waals surface area contributed by atoms with Gasteiger partial charge in [-0.1, -0.05) is 0 Å². The quantitative estimate of drug-likeness (QED) is 0.910. The molecule has 1 fully saturated rings. The van der Waals surface area contributed by atoms with Gasteiger partial charge in [0.25, 0.3) is 10.2 Å². The van der Waals surface area contributed by atoms with Crippen LogP contribution in [0.15, 0.2) is 24.7 Å². The zero-order valence-electron chi connectivity index (χ0n) is 11.3. The third-order valence-corrected chi connectivity index (χ3v) is 6.28. The molecule has 20 heavy (non-hydrogen) atoms. The summed E-state index contributed by atoms with van der Waals surface area (Å²) in [6.07, 6.45) is 4.35. The lowest BCUT2D eigenvalue weighted by Crippen LogP contribution is -2.46. The van der Waals surface area contributed by atoms with Gasteiger partial charge in [0.05, 0.1) is 29.1 Å². The van der Waals surface area contributed by atoms with Crippen molar-refractivity contribution in [1.82, 2.24) is 18.6 Å².